The van der Waals surface area contributed by atoms with Crippen LogP contribution >= 0.6 is 0 Å². The minimum absolute atomic E-state index is 0.104. The molecule has 132 valence electrons. The van der Waals surface area contributed by atoms with E-state index in [9.17, 15) is 13.2 Å². The van der Waals surface area contributed by atoms with Crippen molar-refractivity contribution in [1.29, 1.82) is 0 Å². The van der Waals surface area contributed by atoms with Crippen LogP contribution in [0, 0.1) is 17.3 Å². The summed E-state index contributed by atoms with van der Waals surface area (Å²) >= 11 is 0. The van der Waals surface area contributed by atoms with Crippen LogP contribution in [0.3, 0.4) is 0 Å². The number of likely N-dealkylation sites (tertiary alicyclic amines) is 1. The van der Waals surface area contributed by atoms with Gasteiger partial charge in [0.25, 0.3) is 0 Å². The topological polar surface area (TPSA) is 66.5 Å². The van der Waals surface area contributed by atoms with E-state index in [0.717, 1.165) is 57.5 Å². The zero-order valence-electron chi connectivity index (χ0n) is 14.4. The Labute approximate surface area is 140 Å². The standard InChI is InChI=1S/C17H30N2O3S/c1-13-3-5-14(6-4-13)16(20)19-9-7-17(8-10-19)11-15(12-17)18-23(2,21)22/h13-15,18H,3-12H2,1-2H3. The predicted molar refractivity (Wildman–Crippen MR) is 90.4 cm³/mol. The lowest BCUT2D eigenvalue weighted by Gasteiger charge is -2.52. The highest BCUT2D eigenvalue weighted by molar-refractivity contribution is 7.88. The highest BCUT2D eigenvalue weighted by Gasteiger charge is 2.47. The van der Waals surface area contributed by atoms with Crippen molar-refractivity contribution in [2.45, 2.75) is 64.3 Å². The molecule has 0 bridgehead atoms. The molecule has 2 saturated carbocycles. The lowest BCUT2D eigenvalue weighted by Crippen LogP contribution is -2.55. The van der Waals surface area contributed by atoms with E-state index in [-0.39, 0.29) is 17.4 Å². The smallest absolute Gasteiger partial charge is 0.225 e. The Bertz CT molecular complexity index is 536. The molecule has 3 rings (SSSR count). The molecule has 1 spiro atoms. The minimum Gasteiger partial charge on any atom is -0.342 e. The molecule has 3 fully saturated rings. The van der Waals surface area contributed by atoms with Gasteiger partial charge in [0.1, 0.15) is 0 Å². The highest BCUT2D eigenvalue weighted by atomic mass is 32.2. The minimum atomic E-state index is -3.10. The first kappa shape index (κ1) is 17.2. The van der Waals surface area contributed by atoms with Crippen LogP contribution in [0.1, 0.15) is 58.3 Å². The summed E-state index contributed by atoms with van der Waals surface area (Å²) in [6.45, 7) is 4.00. The Balaban J connectivity index is 1.45. The van der Waals surface area contributed by atoms with Gasteiger partial charge in [-0.25, -0.2) is 13.1 Å². The number of sulfonamides is 1. The fourth-order valence-corrected chi connectivity index (χ4v) is 5.52. The van der Waals surface area contributed by atoms with Gasteiger partial charge in [-0.3, -0.25) is 4.79 Å². The maximum Gasteiger partial charge on any atom is 0.225 e. The number of carbonyl (C=O) groups excluding carboxylic acids is 1. The second kappa shape index (κ2) is 6.36. The van der Waals surface area contributed by atoms with Crippen LogP contribution < -0.4 is 4.72 Å². The van der Waals surface area contributed by atoms with Crippen molar-refractivity contribution in [3.8, 4) is 0 Å². The molecule has 1 heterocycles. The molecule has 1 saturated heterocycles. The fourth-order valence-electron chi connectivity index (χ4n) is 4.75. The maximum absolute atomic E-state index is 12.7. The number of nitrogens with zero attached hydrogens (tertiary/aromatic N) is 1. The molecule has 3 aliphatic rings. The summed E-state index contributed by atoms with van der Waals surface area (Å²) in [5.41, 5.74) is 0.278. The van der Waals surface area contributed by atoms with E-state index in [2.05, 4.69) is 16.5 Å². The molecule has 0 aromatic heterocycles. The molecular weight excluding hydrogens is 312 g/mol. The van der Waals surface area contributed by atoms with Crippen LogP contribution in [-0.2, 0) is 14.8 Å². The van der Waals surface area contributed by atoms with Crippen molar-refractivity contribution < 1.29 is 13.2 Å². The van der Waals surface area contributed by atoms with E-state index < -0.39 is 10.0 Å². The van der Waals surface area contributed by atoms with Crippen molar-refractivity contribution in [1.82, 2.24) is 9.62 Å². The van der Waals surface area contributed by atoms with E-state index in [1.165, 1.54) is 19.1 Å². The second-order valence-corrected chi connectivity index (χ2v) is 10.1. The van der Waals surface area contributed by atoms with E-state index in [1.54, 1.807) is 0 Å². The molecule has 6 heteroatoms. The number of piperidine rings is 1. The molecule has 0 unspecified atom stereocenters. The lowest BCUT2D eigenvalue weighted by molar-refractivity contribution is -0.140. The Morgan fingerprint density at radius 1 is 1.09 bits per heavy atom. The molecule has 5 nitrogen and oxygen atoms in total. The van der Waals surface area contributed by atoms with Crippen molar-refractivity contribution in [2.24, 2.45) is 17.3 Å². The SMILES string of the molecule is CC1CCC(C(=O)N2CCC3(CC2)CC(NS(C)(=O)=O)C3)CC1. The third kappa shape index (κ3) is 4.08. The van der Waals surface area contributed by atoms with Crippen molar-refractivity contribution in [3.05, 3.63) is 0 Å². The van der Waals surface area contributed by atoms with Gasteiger partial charge in [0, 0.05) is 25.0 Å². The van der Waals surface area contributed by atoms with Gasteiger partial charge in [-0.05, 0) is 62.7 Å². The largest absolute Gasteiger partial charge is 0.342 e. The van der Waals surface area contributed by atoms with Crippen LogP contribution in [-0.4, -0.2) is 44.6 Å². The molecule has 2 aliphatic carbocycles. The van der Waals surface area contributed by atoms with E-state index in [1.807, 2.05) is 0 Å². The number of carbonyl (C=O) groups is 1. The third-order valence-corrected chi connectivity index (χ3v) is 7.00. The molecular formula is C17H30N2O3S. The molecule has 1 amide bonds. The summed E-state index contributed by atoms with van der Waals surface area (Å²) in [7, 11) is -3.10. The van der Waals surface area contributed by atoms with Gasteiger partial charge in [0.15, 0.2) is 0 Å². The first-order valence-electron chi connectivity index (χ1n) is 9.02. The predicted octanol–water partition coefficient (Wildman–Crippen LogP) is 2.13. The van der Waals surface area contributed by atoms with Gasteiger partial charge in [-0.2, -0.15) is 0 Å². The highest BCUT2D eigenvalue weighted by Crippen LogP contribution is 2.49. The Kier molecular flexibility index (Phi) is 4.76. The van der Waals surface area contributed by atoms with Gasteiger partial charge in [0.05, 0.1) is 6.26 Å². The summed E-state index contributed by atoms with van der Waals surface area (Å²) in [5, 5.41) is 0. The number of nitrogens with one attached hydrogen (secondary N) is 1. The maximum atomic E-state index is 12.7. The van der Waals surface area contributed by atoms with Crippen LogP contribution in [0.15, 0.2) is 0 Å². The average Bonchev–Trinajstić information content (AvgIpc) is 2.45. The quantitative estimate of drug-likeness (QED) is 0.854. The van der Waals surface area contributed by atoms with Crippen molar-refractivity contribution in [3.63, 3.8) is 0 Å². The Hall–Kier alpha value is -0.620. The summed E-state index contributed by atoms with van der Waals surface area (Å²) in [5.74, 6) is 1.40. The van der Waals surface area contributed by atoms with Crippen LogP contribution in [0.4, 0.5) is 0 Å². The number of hydrogen-bond acceptors (Lipinski definition) is 3. The monoisotopic (exact) mass is 342 g/mol. The third-order valence-electron chi connectivity index (χ3n) is 6.24. The van der Waals surface area contributed by atoms with Crippen molar-refractivity contribution >= 4 is 15.9 Å². The number of rotatable bonds is 3. The van der Waals surface area contributed by atoms with Gasteiger partial charge >= 0.3 is 0 Å². The number of amides is 1. The molecule has 23 heavy (non-hydrogen) atoms. The molecule has 0 atom stereocenters. The normalized spacial score (nSPS) is 31.8. The van der Waals surface area contributed by atoms with Gasteiger partial charge in [-0.15, -0.1) is 0 Å². The first-order valence-corrected chi connectivity index (χ1v) is 10.9. The van der Waals surface area contributed by atoms with Crippen LogP contribution in [0.25, 0.3) is 0 Å². The van der Waals surface area contributed by atoms with Crippen LogP contribution in [0.5, 0.6) is 0 Å². The molecule has 1 aliphatic heterocycles. The van der Waals surface area contributed by atoms with Crippen molar-refractivity contribution in [2.75, 3.05) is 19.3 Å². The number of hydrogen-bond donors (Lipinski definition) is 1. The lowest BCUT2D eigenvalue weighted by atomic mass is 9.60. The van der Waals surface area contributed by atoms with E-state index in [4.69, 9.17) is 0 Å². The van der Waals surface area contributed by atoms with E-state index in [0.29, 0.717) is 5.91 Å². The van der Waals surface area contributed by atoms with E-state index >= 15 is 0 Å². The van der Waals surface area contributed by atoms with Gasteiger partial charge in [0.2, 0.25) is 15.9 Å². The van der Waals surface area contributed by atoms with Gasteiger partial charge in [-0.1, -0.05) is 6.92 Å². The molecule has 1 N–H and O–H groups in total. The molecule has 0 radical (unpaired) electrons. The summed E-state index contributed by atoms with van der Waals surface area (Å²) < 4.78 is 25.3. The molecule has 0 aromatic rings. The average molecular weight is 343 g/mol. The molecule has 0 aromatic carbocycles. The van der Waals surface area contributed by atoms with Gasteiger partial charge < -0.3 is 4.90 Å². The summed E-state index contributed by atoms with van der Waals surface area (Å²) in [6, 6.07) is 0.104. The zero-order chi connectivity index (χ0) is 16.7. The Morgan fingerprint density at radius 3 is 2.17 bits per heavy atom. The summed E-state index contributed by atoms with van der Waals surface area (Å²) in [4.78, 5) is 14.7. The van der Waals surface area contributed by atoms with Crippen LogP contribution in [0.2, 0.25) is 0 Å². The first-order chi connectivity index (χ1) is 10.8. The second-order valence-electron chi connectivity index (χ2n) is 8.28. The fraction of sp³-hybridized carbons (Fsp3) is 0.941. The summed E-state index contributed by atoms with van der Waals surface area (Å²) in [6.07, 6.45) is 9.65. The Morgan fingerprint density at radius 2 is 1.65 bits per heavy atom. The zero-order valence-corrected chi connectivity index (χ0v) is 15.2.